The number of aromatic nitrogens is 4. The molecule has 0 aliphatic rings. The summed E-state index contributed by atoms with van der Waals surface area (Å²) in [4.78, 5) is 4.06. The van der Waals surface area contributed by atoms with E-state index in [0.29, 0.717) is 11.4 Å². The molecule has 1 atom stereocenters. The highest BCUT2D eigenvalue weighted by atomic mass is 16.5. The molecule has 0 radical (unpaired) electrons. The Bertz CT molecular complexity index is 443. The first-order chi connectivity index (χ1) is 7.85. The molecule has 0 spiro atoms. The first-order valence-electron chi connectivity index (χ1n) is 4.66. The summed E-state index contributed by atoms with van der Waals surface area (Å²) in [5.74, 6) is 6.16. The maximum absolute atomic E-state index is 5.49. The number of hydrazine groups is 1. The van der Waals surface area contributed by atoms with Crippen molar-refractivity contribution in [3.05, 3.63) is 35.9 Å². The summed E-state index contributed by atoms with van der Waals surface area (Å²) in [6.07, 6.45) is 4.92. The summed E-state index contributed by atoms with van der Waals surface area (Å²) in [6.45, 7) is 0. The Balaban J connectivity index is 2.33. The molecule has 2 rings (SSSR count). The Labute approximate surface area is 92.0 Å². The van der Waals surface area contributed by atoms with Gasteiger partial charge in [-0.1, -0.05) is 0 Å². The molecule has 2 heterocycles. The predicted octanol–water partition coefficient (Wildman–Crippen LogP) is -0.239. The number of aromatic amines is 1. The van der Waals surface area contributed by atoms with Crippen LogP contribution in [-0.4, -0.2) is 27.5 Å². The number of rotatable bonds is 4. The van der Waals surface area contributed by atoms with Crippen LogP contribution in [0.25, 0.3) is 0 Å². The third-order valence-corrected chi connectivity index (χ3v) is 2.20. The van der Waals surface area contributed by atoms with Crippen LogP contribution in [0.2, 0.25) is 0 Å². The van der Waals surface area contributed by atoms with E-state index >= 15 is 0 Å². The summed E-state index contributed by atoms with van der Waals surface area (Å²) in [5.41, 5.74) is 4.20. The zero-order valence-electron chi connectivity index (χ0n) is 8.71. The van der Waals surface area contributed by atoms with Gasteiger partial charge in [0.25, 0.3) is 0 Å². The van der Waals surface area contributed by atoms with Gasteiger partial charge in [0, 0.05) is 6.20 Å². The quantitative estimate of drug-likeness (QED) is 0.485. The standard InChI is InChI=1S/C9H12N6O/c1-16-7-2-6(3-11-4-7)9(13-10)8-5-12-15-14-8/h2-5,9,13H,10H2,1H3,(H,12,14,15). The second kappa shape index (κ2) is 4.69. The van der Waals surface area contributed by atoms with E-state index < -0.39 is 0 Å². The highest BCUT2D eigenvalue weighted by Gasteiger charge is 2.15. The summed E-state index contributed by atoms with van der Waals surface area (Å²) >= 11 is 0. The van der Waals surface area contributed by atoms with Crippen LogP contribution in [0.15, 0.2) is 24.7 Å². The van der Waals surface area contributed by atoms with Gasteiger partial charge in [-0.05, 0) is 11.6 Å². The van der Waals surface area contributed by atoms with Gasteiger partial charge in [-0.15, -0.1) is 0 Å². The molecule has 0 aliphatic carbocycles. The number of nitrogens with one attached hydrogen (secondary N) is 2. The minimum absolute atomic E-state index is 0.263. The van der Waals surface area contributed by atoms with E-state index in [9.17, 15) is 0 Å². The second-order valence-corrected chi connectivity index (χ2v) is 3.15. The first kappa shape index (κ1) is 10.5. The summed E-state index contributed by atoms with van der Waals surface area (Å²) in [7, 11) is 1.59. The number of methoxy groups -OCH3 is 1. The SMILES string of the molecule is COc1cncc(C(NN)c2cn[nH]n2)c1. The summed E-state index contributed by atoms with van der Waals surface area (Å²) in [5, 5.41) is 10.2. The van der Waals surface area contributed by atoms with Crippen LogP contribution in [-0.2, 0) is 0 Å². The lowest BCUT2D eigenvalue weighted by Crippen LogP contribution is -2.29. The Kier molecular flexibility index (Phi) is 3.08. The summed E-state index contributed by atoms with van der Waals surface area (Å²) < 4.78 is 5.09. The molecule has 84 valence electrons. The van der Waals surface area contributed by atoms with E-state index in [-0.39, 0.29) is 6.04 Å². The average Bonchev–Trinajstić information content (AvgIpc) is 2.84. The first-order valence-corrected chi connectivity index (χ1v) is 4.66. The molecule has 2 aromatic rings. The fourth-order valence-corrected chi connectivity index (χ4v) is 1.41. The van der Waals surface area contributed by atoms with Crippen LogP contribution < -0.4 is 16.0 Å². The number of hydrogen-bond acceptors (Lipinski definition) is 6. The Morgan fingerprint density at radius 1 is 1.44 bits per heavy atom. The van der Waals surface area contributed by atoms with Gasteiger partial charge >= 0.3 is 0 Å². The van der Waals surface area contributed by atoms with E-state index in [1.807, 2.05) is 6.07 Å². The highest BCUT2D eigenvalue weighted by molar-refractivity contribution is 5.30. The molecule has 7 heteroatoms. The fourth-order valence-electron chi connectivity index (χ4n) is 1.41. The number of pyridine rings is 1. The van der Waals surface area contributed by atoms with E-state index in [1.54, 1.807) is 25.7 Å². The molecule has 0 aromatic carbocycles. The minimum Gasteiger partial charge on any atom is -0.495 e. The van der Waals surface area contributed by atoms with Crippen LogP contribution in [0.1, 0.15) is 17.3 Å². The smallest absolute Gasteiger partial charge is 0.137 e. The lowest BCUT2D eigenvalue weighted by Gasteiger charge is -2.13. The van der Waals surface area contributed by atoms with Gasteiger partial charge in [0.2, 0.25) is 0 Å². The van der Waals surface area contributed by atoms with Crippen molar-refractivity contribution in [3.8, 4) is 5.75 Å². The fraction of sp³-hybridized carbons (Fsp3) is 0.222. The highest BCUT2D eigenvalue weighted by Crippen LogP contribution is 2.21. The van der Waals surface area contributed by atoms with Crippen molar-refractivity contribution >= 4 is 0 Å². The van der Waals surface area contributed by atoms with Crippen molar-refractivity contribution in [1.82, 2.24) is 25.8 Å². The van der Waals surface area contributed by atoms with Gasteiger partial charge in [-0.25, -0.2) is 5.43 Å². The van der Waals surface area contributed by atoms with Crippen molar-refractivity contribution in [1.29, 1.82) is 0 Å². The van der Waals surface area contributed by atoms with Gasteiger partial charge in [-0.2, -0.15) is 15.4 Å². The predicted molar refractivity (Wildman–Crippen MR) is 56.3 cm³/mol. The van der Waals surface area contributed by atoms with Crippen molar-refractivity contribution in [3.63, 3.8) is 0 Å². The number of hydrogen-bond donors (Lipinski definition) is 3. The monoisotopic (exact) mass is 220 g/mol. The van der Waals surface area contributed by atoms with Crippen LogP contribution >= 0.6 is 0 Å². The second-order valence-electron chi connectivity index (χ2n) is 3.15. The molecule has 7 nitrogen and oxygen atoms in total. The number of nitrogens with zero attached hydrogens (tertiary/aromatic N) is 3. The van der Waals surface area contributed by atoms with Crippen molar-refractivity contribution in [2.24, 2.45) is 5.84 Å². The molecular weight excluding hydrogens is 208 g/mol. The van der Waals surface area contributed by atoms with Crippen molar-refractivity contribution in [2.45, 2.75) is 6.04 Å². The molecular formula is C9H12N6O. The van der Waals surface area contributed by atoms with E-state index in [2.05, 4.69) is 25.8 Å². The topological polar surface area (TPSA) is 102 Å². The van der Waals surface area contributed by atoms with Crippen LogP contribution in [0.3, 0.4) is 0 Å². The van der Waals surface area contributed by atoms with E-state index in [1.165, 1.54) is 0 Å². The molecule has 0 saturated carbocycles. The van der Waals surface area contributed by atoms with Gasteiger partial charge < -0.3 is 4.74 Å². The number of nitrogens with two attached hydrogens (primary N) is 1. The third-order valence-electron chi connectivity index (χ3n) is 2.20. The molecule has 2 aromatic heterocycles. The van der Waals surface area contributed by atoms with Gasteiger partial charge in [0.05, 0.1) is 25.5 Å². The van der Waals surface area contributed by atoms with Crippen LogP contribution in [0.5, 0.6) is 5.75 Å². The maximum Gasteiger partial charge on any atom is 0.137 e. The molecule has 0 fully saturated rings. The number of ether oxygens (including phenoxy) is 1. The zero-order chi connectivity index (χ0) is 11.4. The molecule has 0 amide bonds. The minimum atomic E-state index is -0.263. The van der Waals surface area contributed by atoms with Crippen LogP contribution in [0, 0.1) is 0 Å². The third kappa shape index (κ3) is 2.00. The van der Waals surface area contributed by atoms with Crippen LogP contribution in [0.4, 0.5) is 0 Å². The van der Waals surface area contributed by atoms with Gasteiger partial charge in [0.15, 0.2) is 0 Å². The van der Waals surface area contributed by atoms with Crippen molar-refractivity contribution in [2.75, 3.05) is 7.11 Å². The normalized spacial score (nSPS) is 12.4. The van der Waals surface area contributed by atoms with E-state index in [0.717, 1.165) is 5.56 Å². The lowest BCUT2D eigenvalue weighted by molar-refractivity contribution is 0.411. The lowest BCUT2D eigenvalue weighted by atomic mass is 10.1. The summed E-state index contributed by atoms with van der Waals surface area (Å²) in [6, 6.07) is 1.58. The number of H-pyrrole nitrogens is 1. The van der Waals surface area contributed by atoms with E-state index in [4.69, 9.17) is 10.6 Å². The average molecular weight is 220 g/mol. The molecule has 4 N–H and O–H groups in total. The Morgan fingerprint density at radius 2 is 2.31 bits per heavy atom. The molecule has 0 aliphatic heterocycles. The largest absolute Gasteiger partial charge is 0.495 e. The van der Waals surface area contributed by atoms with Gasteiger partial charge in [0.1, 0.15) is 11.4 Å². The Hall–Kier alpha value is -1.99. The zero-order valence-corrected chi connectivity index (χ0v) is 8.71. The Morgan fingerprint density at radius 3 is 2.94 bits per heavy atom. The maximum atomic E-state index is 5.49. The van der Waals surface area contributed by atoms with Crippen molar-refractivity contribution < 1.29 is 4.74 Å². The molecule has 1 unspecified atom stereocenters. The molecule has 0 saturated heterocycles. The molecule has 16 heavy (non-hydrogen) atoms. The molecule has 0 bridgehead atoms. The van der Waals surface area contributed by atoms with Gasteiger partial charge in [-0.3, -0.25) is 10.8 Å².